The van der Waals surface area contributed by atoms with Crippen LogP contribution in [0.1, 0.15) is 21.5 Å². The van der Waals surface area contributed by atoms with Crippen LogP contribution in [0.25, 0.3) is 17.0 Å². The van der Waals surface area contributed by atoms with Crippen molar-refractivity contribution in [3.8, 4) is 0 Å². The smallest absolute Gasteiger partial charge is 0.248 e. The highest BCUT2D eigenvalue weighted by molar-refractivity contribution is 5.95. The summed E-state index contributed by atoms with van der Waals surface area (Å²) in [6.45, 7) is 0.390. The number of rotatable bonds is 5. The van der Waals surface area contributed by atoms with E-state index in [0.29, 0.717) is 12.1 Å². The number of nitrogens with two attached hydrogens (primary N) is 1. The van der Waals surface area contributed by atoms with Crippen LogP contribution in [0.15, 0.2) is 66.9 Å². The lowest BCUT2D eigenvalue weighted by molar-refractivity contribution is -0.125. The van der Waals surface area contributed by atoms with Gasteiger partial charge in [0, 0.05) is 36.8 Å². The standard InChI is InChI=1S/C21H19N3O2/c1-24(14-15-5-4-6-17(13-15)21(22)26)20(25)10-9-16-11-12-23-19-8-3-2-7-18(16)19/h2-13H,14H2,1H3,(H2,22,26)/b10-9+. The molecule has 0 aliphatic rings. The van der Waals surface area contributed by atoms with E-state index in [9.17, 15) is 9.59 Å². The molecule has 0 atom stereocenters. The quantitative estimate of drug-likeness (QED) is 0.722. The molecule has 5 heteroatoms. The molecule has 0 spiro atoms. The van der Waals surface area contributed by atoms with Crippen LogP contribution >= 0.6 is 0 Å². The van der Waals surface area contributed by atoms with Crippen molar-refractivity contribution in [3.63, 3.8) is 0 Å². The van der Waals surface area contributed by atoms with Crippen molar-refractivity contribution in [1.82, 2.24) is 9.88 Å². The van der Waals surface area contributed by atoms with Crippen molar-refractivity contribution >= 4 is 28.8 Å². The van der Waals surface area contributed by atoms with E-state index >= 15 is 0 Å². The molecule has 0 saturated heterocycles. The van der Waals surface area contributed by atoms with Crippen LogP contribution in [-0.4, -0.2) is 28.7 Å². The zero-order chi connectivity index (χ0) is 18.5. The third-order valence-corrected chi connectivity index (χ3v) is 4.10. The highest BCUT2D eigenvalue weighted by atomic mass is 16.2. The number of fused-ring (bicyclic) bond motifs is 1. The summed E-state index contributed by atoms with van der Waals surface area (Å²) >= 11 is 0. The van der Waals surface area contributed by atoms with Crippen LogP contribution in [-0.2, 0) is 11.3 Å². The Balaban J connectivity index is 1.73. The van der Waals surface area contributed by atoms with Crippen molar-refractivity contribution in [1.29, 1.82) is 0 Å². The average Bonchev–Trinajstić information content (AvgIpc) is 2.66. The Kier molecular flexibility index (Phi) is 5.08. The molecule has 2 N–H and O–H groups in total. The van der Waals surface area contributed by atoms with E-state index in [1.54, 1.807) is 48.5 Å². The number of hydrogen-bond acceptors (Lipinski definition) is 3. The first-order valence-electron chi connectivity index (χ1n) is 8.20. The molecule has 1 heterocycles. The Morgan fingerprint density at radius 2 is 1.92 bits per heavy atom. The molecule has 3 aromatic rings. The van der Waals surface area contributed by atoms with E-state index in [0.717, 1.165) is 22.0 Å². The minimum Gasteiger partial charge on any atom is -0.366 e. The molecular formula is C21H19N3O2. The maximum absolute atomic E-state index is 12.4. The second-order valence-electron chi connectivity index (χ2n) is 6.01. The number of pyridine rings is 1. The molecule has 3 rings (SSSR count). The third-order valence-electron chi connectivity index (χ3n) is 4.10. The van der Waals surface area contributed by atoms with E-state index in [-0.39, 0.29) is 5.91 Å². The number of hydrogen-bond donors (Lipinski definition) is 1. The first-order valence-corrected chi connectivity index (χ1v) is 8.20. The van der Waals surface area contributed by atoms with Crippen LogP contribution in [0, 0.1) is 0 Å². The number of para-hydroxylation sites is 1. The van der Waals surface area contributed by atoms with Gasteiger partial charge >= 0.3 is 0 Å². The van der Waals surface area contributed by atoms with Gasteiger partial charge in [-0.25, -0.2) is 0 Å². The summed E-state index contributed by atoms with van der Waals surface area (Å²) in [5.74, 6) is -0.610. The summed E-state index contributed by atoms with van der Waals surface area (Å²) in [7, 11) is 1.72. The Morgan fingerprint density at radius 3 is 2.73 bits per heavy atom. The Labute approximate surface area is 151 Å². The van der Waals surface area contributed by atoms with E-state index in [4.69, 9.17) is 5.73 Å². The van der Waals surface area contributed by atoms with Gasteiger partial charge in [-0.05, 0) is 41.5 Å². The van der Waals surface area contributed by atoms with E-state index in [1.807, 2.05) is 36.4 Å². The van der Waals surface area contributed by atoms with Crippen LogP contribution < -0.4 is 5.73 Å². The fourth-order valence-electron chi connectivity index (χ4n) is 2.73. The van der Waals surface area contributed by atoms with Gasteiger partial charge in [0.1, 0.15) is 0 Å². The lowest BCUT2D eigenvalue weighted by Gasteiger charge is -2.15. The number of carbonyl (C=O) groups is 2. The normalized spacial score (nSPS) is 11.0. The zero-order valence-corrected chi connectivity index (χ0v) is 14.4. The fourth-order valence-corrected chi connectivity index (χ4v) is 2.73. The summed E-state index contributed by atoms with van der Waals surface area (Å²) in [5, 5.41) is 0.996. The van der Waals surface area contributed by atoms with Gasteiger partial charge in [0.25, 0.3) is 0 Å². The summed E-state index contributed by atoms with van der Waals surface area (Å²) in [5.41, 5.74) is 8.40. The molecule has 0 unspecified atom stereocenters. The largest absolute Gasteiger partial charge is 0.366 e. The molecular weight excluding hydrogens is 326 g/mol. The van der Waals surface area contributed by atoms with Crippen molar-refractivity contribution in [2.45, 2.75) is 6.54 Å². The van der Waals surface area contributed by atoms with Gasteiger partial charge in [0.2, 0.25) is 11.8 Å². The zero-order valence-electron chi connectivity index (χ0n) is 14.4. The number of aromatic nitrogens is 1. The van der Waals surface area contributed by atoms with E-state index in [1.165, 1.54) is 0 Å². The molecule has 0 radical (unpaired) electrons. The van der Waals surface area contributed by atoms with Gasteiger partial charge < -0.3 is 10.6 Å². The summed E-state index contributed by atoms with van der Waals surface area (Å²) < 4.78 is 0. The molecule has 0 fully saturated rings. The summed E-state index contributed by atoms with van der Waals surface area (Å²) in [4.78, 5) is 29.6. The Morgan fingerprint density at radius 1 is 1.12 bits per heavy atom. The molecule has 0 saturated carbocycles. The SMILES string of the molecule is CN(Cc1cccc(C(N)=O)c1)C(=O)/C=C/c1ccnc2ccccc12. The molecule has 5 nitrogen and oxygen atoms in total. The molecule has 0 bridgehead atoms. The minimum absolute atomic E-state index is 0.129. The van der Waals surface area contributed by atoms with E-state index < -0.39 is 5.91 Å². The van der Waals surface area contributed by atoms with Crippen LogP contribution in [0.5, 0.6) is 0 Å². The molecule has 0 aliphatic heterocycles. The van der Waals surface area contributed by atoms with E-state index in [2.05, 4.69) is 4.98 Å². The second-order valence-corrected chi connectivity index (χ2v) is 6.01. The highest BCUT2D eigenvalue weighted by Gasteiger charge is 2.08. The van der Waals surface area contributed by atoms with Crippen molar-refractivity contribution in [2.75, 3.05) is 7.05 Å². The molecule has 0 aliphatic carbocycles. The maximum atomic E-state index is 12.4. The molecule has 2 aromatic carbocycles. The Hall–Kier alpha value is -3.47. The van der Waals surface area contributed by atoms with Gasteiger partial charge in [-0.2, -0.15) is 0 Å². The average molecular weight is 345 g/mol. The van der Waals surface area contributed by atoms with Gasteiger partial charge in [0.15, 0.2) is 0 Å². The number of likely N-dealkylation sites (N-methyl/N-ethyl adjacent to an activating group) is 1. The first kappa shape index (κ1) is 17.4. The van der Waals surface area contributed by atoms with Crippen LogP contribution in [0.2, 0.25) is 0 Å². The van der Waals surface area contributed by atoms with Crippen LogP contribution in [0.3, 0.4) is 0 Å². The lowest BCUT2D eigenvalue weighted by atomic mass is 10.1. The van der Waals surface area contributed by atoms with Crippen molar-refractivity contribution in [3.05, 3.63) is 83.6 Å². The number of amides is 2. The highest BCUT2D eigenvalue weighted by Crippen LogP contribution is 2.17. The molecule has 130 valence electrons. The molecule has 26 heavy (non-hydrogen) atoms. The van der Waals surface area contributed by atoms with Crippen molar-refractivity contribution < 1.29 is 9.59 Å². The van der Waals surface area contributed by atoms with Gasteiger partial charge in [-0.3, -0.25) is 14.6 Å². The lowest BCUT2D eigenvalue weighted by Crippen LogP contribution is -2.24. The number of primary amides is 1. The number of nitrogens with zero attached hydrogens (tertiary/aromatic N) is 2. The number of carbonyl (C=O) groups excluding carboxylic acids is 2. The van der Waals surface area contributed by atoms with Gasteiger partial charge in [0.05, 0.1) is 5.52 Å². The molecule has 1 aromatic heterocycles. The maximum Gasteiger partial charge on any atom is 0.248 e. The van der Waals surface area contributed by atoms with Gasteiger partial charge in [-0.15, -0.1) is 0 Å². The first-order chi connectivity index (χ1) is 12.5. The summed E-state index contributed by atoms with van der Waals surface area (Å²) in [6, 6.07) is 16.6. The summed E-state index contributed by atoms with van der Waals surface area (Å²) in [6.07, 6.45) is 5.06. The van der Waals surface area contributed by atoms with Gasteiger partial charge in [-0.1, -0.05) is 30.3 Å². The predicted octanol–water partition coefficient (Wildman–Crippen LogP) is 3.01. The predicted molar refractivity (Wildman–Crippen MR) is 102 cm³/mol. The van der Waals surface area contributed by atoms with Crippen LogP contribution in [0.4, 0.5) is 0 Å². The fraction of sp³-hybridized carbons (Fsp3) is 0.0952. The number of benzene rings is 2. The molecule has 2 amide bonds. The minimum atomic E-state index is -0.481. The second kappa shape index (κ2) is 7.61. The topological polar surface area (TPSA) is 76.3 Å². The Bertz CT molecular complexity index is 990. The monoisotopic (exact) mass is 345 g/mol. The third kappa shape index (κ3) is 3.95. The van der Waals surface area contributed by atoms with Crippen molar-refractivity contribution in [2.24, 2.45) is 5.73 Å².